The lowest BCUT2D eigenvalue weighted by molar-refractivity contribution is -0.132. The first-order valence-corrected chi connectivity index (χ1v) is 8.99. The number of aromatic nitrogens is 4. The number of likely N-dealkylation sites (tertiary alicyclic amines) is 1. The van der Waals surface area contributed by atoms with E-state index in [4.69, 9.17) is 0 Å². The van der Waals surface area contributed by atoms with E-state index in [2.05, 4.69) is 28.9 Å². The van der Waals surface area contributed by atoms with Crippen LogP contribution in [0.3, 0.4) is 0 Å². The van der Waals surface area contributed by atoms with E-state index in [0.29, 0.717) is 12.3 Å². The summed E-state index contributed by atoms with van der Waals surface area (Å²) in [5, 5.41) is 5.26. The van der Waals surface area contributed by atoms with E-state index in [1.54, 1.807) is 22.3 Å². The number of aryl methyl sites for hydroxylation is 3. The fraction of sp³-hybridized carbons (Fsp3) is 0.625. The molecule has 1 amide bonds. The fourth-order valence-electron chi connectivity index (χ4n) is 2.98. The van der Waals surface area contributed by atoms with E-state index in [-0.39, 0.29) is 5.91 Å². The van der Waals surface area contributed by atoms with Gasteiger partial charge in [0.2, 0.25) is 5.91 Å². The molecule has 0 bridgehead atoms. The first kappa shape index (κ1) is 16.1. The van der Waals surface area contributed by atoms with Crippen molar-refractivity contribution in [3.8, 4) is 0 Å². The highest BCUT2D eigenvalue weighted by Crippen LogP contribution is 2.31. The van der Waals surface area contributed by atoms with Crippen molar-refractivity contribution in [2.45, 2.75) is 52.0 Å². The molecule has 0 radical (unpaired) electrons. The first-order chi connectivity index (χ1) is 11.1. The highest BCUT2D eigenvalue weighted by molar-refractivity contribution is 7.11. The highest BCUT2D eigenvalue weighted by atomic mass is 32.1. The summed E-state index contributed by atoms with van der Waals surface area (Å²) >= 11 is 1.78. The second-order valence-corrected chi connectivity index (χ2v) is 7.37. The van der Waals surface area contributed by atoms with Crippen molar-refractivity contribution in [1.29, 1.82) is 0 Å². The molecule has 6 nitrogen and oxygen atoms in total. The predicted octanol–water partition coefficient (Wildman–Crippen LogP) is 2.54. The summed E-state index contributed by atoms with van der Waals surface area (Å²) in [4.78, 5) is 24.3. The topological polar surface area (TPSA) is 63.9 Å². The number of hydrogen-bond donors (Lipinski definition) is 0. The van der Waals surface area contributed by atoms with E-state index < -0.39 is 0 Å². The number of piperidine rings is 1. The van der Waals surface area contributed by atoms with Crippen LogP contribution in [-0.2, 0) is 11.3 Å². The number of hydrogen-bond acceptors (Lipinski definition) is 5. The summed E-state index contributed by atoms with van der Waals surface area (Å²) in [6.45, 7) is 6.61. The molecule has 0 aliphatic carbocycles. The lowest BCUT2D eigenvalue weighted by Gasteiger charge is -2.32. The smallest absolute Gasteiger partial charge is 0.222 e. The molecule has 0 N–H and O–H groups in total. The first-order valence-electron chi connectivity index (χ1n) is 8.17. The van der Waals surface area contributed by atoms with Crippen LogP contribution >= 0.6 is 11.3 Å². The van der Waals surface area contributed by atoms with Crippen molar-refractivity contribution < 1.29 is 4.79 Å². The van der Waals surface area contributed by atoms with Crippen LogP contribution in [-0.4, -0.2) is 43.6 Å². The maximum Gasteiger partial charge on any atom is 0.222 e. The van der Waals surface area contributed by atoms with E-state index in [9.17, 15) is 4.79 Å². The quantitative estimate of drug-likeness (QED) is 0.843. The second kappa shape index (κ2) is 7.21. The van der Waals surface area contributed by atoms with Gasteiger partial charge in [0.25, 0.3) is 0 Å². The number of carbonyl (C=O) groups excluding carboxylic acids is 1. The summed E-state index contributed by atoms with van der Waals surface area (Å²) in [6, 6.07) is 0. The molecule has 0 spiro atoms. The molecular formula is C16H23N5OS. The molecule has 1 fully saturated rings. The molecule has 1 atom stereocenters. The van der Waals surface area contributed by atoms with Crippen molar-refractivity contribution in [1.82, 2.24) is 24.6 Å². The van der Waals surface area contributed by atoms with Crippen LogP contribution in [0.15, 0.2) is 12.7 Å². The number of carbonyl (C=O) groups is 1. The summed E-state index contributed by atoms with van der Waals surface area (Å²) < 4.78 is 1.77. The number of amides is 1. The molecule has 0 saturated carbocycles. The van der Waals surface area contributed by atoms with Crippen LogP contribution in [0.4, 0.5) is 0 Å². The van der Waals surface area contributed by atoms with Gasteiger partial charge in [-0.05, 0) is 33.1 Å². The minimum absolute atomic E-state index is 0.250. The Labute approximate surface area is 140 Å². The zero-order valence-electron chi connectivity index (χ0n) is 13.7. The predicted molar refractivity (Wildman–Crippen MR) is 89.4 cm³/mol. The lowest BCUT2D eigenvalue weighted by Crippen LogP contribution is -2.39. The normalized spacial score (nSPS) is 18.3. The van der Waals surface area contributed by atoms with Gasteiger partial charge >= 0.3 is 0 Å². The van der Waals surface area contributed by atoms with Crippen LogP contribution in [0, 0.1) is 13.8 Å². The lowest BCUT2D eigenvalue weighted by atomic mass is 9.98. The molecule has 0 aromatic carbocycles. The molecule has 3 heterocycles. The number of thiazole rings is 1. The number of rotatable bonds is 5. The van der Waals surface area contributed by atoms with Crippen LogP contribution in [0.1, 0.15) is 47.2 Å². The third kappa shape index (κ3) is 3.96. The number of nitrogens with zero attached hydrogens (tertiary/aromatic N) is 5. The standard InChI is InChI=1S/C16H23N5OS/c1-12-13(2)23-16(19-12)14-5-3-7-20(9-14)15(22)6-4-8-21-11-17-10-18-21/h10-11,14H,3-9H2,1-2H3/t14-/m0/s1. The molecular weight excluding hydrogens is 310 g/mol. The summed E-state index contributed by atoms with van der Waals surface area (Å²) in [5.74, 6) is 0.653. The Kier molecular flexibility index (Phi) is 5.05. The monoisotopic (exact) mass is 333 g/mol. The maximum atomic E-state index is 12.4. The van der Waals surface area contributed by atoms with Gasteiger partial charge in [-0.15, -0.1) is 11.3 Å². The Morgan fingerprint density at radius 1 is 1.43 bits per heavy atom. The Balaban J connectivity index is 1.52. The van der Waals surface area contributed by atoms with Crippen LogP contribution < -0.4 is 0 Å². The summed E-state index contributed by atoms with van der Waals surface area (Å²) in [5.41, 5.74) is 1.13. The Hall–Kier alpha value is -1.76. The summed E-state index contributed by atoms with van der Waals surface area (Å²) in [7, 11) is 0. The van der Waals surface area contributed by atoms with Gasteiger partial charge in [-0.1, -0.05) is 0 Å². The van der Waals surface area contributed by atoms with Gasteiger partial charge in [0, 0.05) is 36.9 Å². The Morgan fingerprint density at radius 2 is 2.30 bits per heavy atom. The molecule has 124 valence electrons. The summed E-state index contributed by atoms with van der Waals surface area (Å²) in [6.07, 6.45) is 6.79. The van der Waals surface area contributed by atoms with Crippen LogP contribution in [0.5, 0.6) is 0 Å². The third-order valence-electron chi connectivity index (χ3n) is 4.41. The van der Waals surface area contributed by atoms with Crippen LogP contribution in [0.2, 0.25) is 0 Å². The van der Waals surface area contributed by atoms with Crippen LogP contribution in [0.25, 0.3) is 0 Å². The van der Waals surface area contributed by atoms with Crippen molar-refractivity contribution in [2.24, 2.45) is 0 Å². The van der Waals surface area contributed by atoms with Gasteiger partial charge in [0.05, 0.1) is 10.7 Å². The zero-order chi connectivity index (χ0) is 16.2. The van der Waals surface area contributed by atoms with E-state index in [1.807, 2.05) is 4.90 Å². The molecule has 1 aliphatic heterocycles. The van der Waals surface area contributed by atoms with Crippen molar-refractivity contribution in [3.05, 3.63) is 28.2 Å². The van der Waals surface area contributed by atoms with Gasteiger partial charge in [-0.25, -0.2) is 9.97 Å². The maximum absolute atomic E-state index is 12.4. The molecule has 3 rings (SSSR count). The highest BCUT2D eigenvalue weighted by Gasteiger charge is 2.26. The largest absolute Gasteiger partial charge is 0.342 e. The van der Waals surface area contributed by atoms with Crippen molar-refractivity contribution in [3.63, 3.8) is 0 Å². The van der Waals surface area contributed by atoms with Crippen molar-refractivity contribution in [2.75, 3.05) is 13.1 Å². The average molecular weight is 333 g/mol. The molecule has 0 unspecified atom stereocenters. The molecule has 1 saturated heterocycles. The average Bonchev–Trinajstić information content (AvgIpc) is 3.18. The van der Waals surface area contributed by atoms with Gasteiger partial charge in [0.15, 0.2) is 0 Å². The van der Waals surface area contributed by atoms with E-state index >= 15 is 0 Å². The van der Waals surface area contributed by atoms with E-state index in [1.165, 1.54) is 16.2 Å². The van der Waals surface area contributed by atoms with Gasteiger partial charge in [-0.2, -0.15) is 5.10 Å². The SMILES string of the molecule is Cc1nc([C@H]2CCCN(C(=O)CCCn3cncn3)C2)sc1C. The molecule has 2 aromatic rings. The Bertz CT molecular complexity index is 632. The van der Waals surface area contributed by atoms with E-state index in [0.717, 1.165) is 44.6 Å². The molecule has 1 aliphatic rings. The minimum Gasteiger partial charge on any atom is -0.342 e. The zero-order valence-corrected chi connectivity index (χ0v) is 14.6. The van der Waals surface area contributed by atoms with Gasteiger partial charge in [0.1, 0.15) is 12.7 Å². The van der Waals surface area contributed by atoms with Gasteiger partial charge < -0.3 is 4.90 Å². The fourth-order valence-corrected chi connectivity index (χ4v) is 4.02. The van der Waals surface area contributed by atoms with Crippen molar-refractivity contribution >= 4 is 17.2 Å². The second-order valence-electron chi connectivity index (χ2n) is 6.13. The Morgan fingerprint density at radius 3 is 3.00 bits per heavy atom. The molecule has 7 heteroatoms. The third-order valence-corrected chi connectivity index (χ3v) is 5.65. The minimum atomic E-state index is 0.250. The molecule has 2 aromatic heterocycles. The molecule has 23 heavy (non-hydrogen) atoms. The van der Waals surface area contributed by atoms with Gasteiger partial charge in [-0.3, -0.25) is 9.48 Å².